The number of aromatic hydroxyl groups is 1. The van der Waals surface area contributed by atoms with Crippen molar-refractivity contribution in [1.29, 1.82) is 0 Å². The van der Waals surface area contributed by atoms with Crippen LogP contribution in [0.25, 0.3) is 0 Å². The van der Waals surface area contributed by atoms with Crippen molar-refractivity contribution in [1.82, 2.24) is 14.0 Å². The number of fused-ring (bicyclic) bond motifs is 1. The molecule has 0 saturated heterocycles. The van der Waals surface area contributed by atoms with E-state index in [-0.39, 0.29) is 58.2 Å². The minimum Gasteiger partial charge on any atom is -0.493 e. The zero-order chi connectivity index (χ0) is 28.5. The Bertz CT molecular complexity index is 1640. The monoisotopic (exact) mass is 618 g/mol. The first kappa shape index (κ1) is 29.7. The molecular weight excluding hydrogens is 586 g/mol. The standard InChI is InChI=1S/C31H33N5O5.Cu/c37-27-23-17-10-18-24(25(23)28(38)34(27)19-20-11-4-1-5-12-20)32-33-26-29(39)35(21-13-6-2-7-14-21)31(41)36(30(26)40)22-15-8-3-9-16-22;/h1,4-5,10-12,17-18,21-22,39H,2-3,6-9,13-16,19H2;/q;+2. The molecule has 1 aliphatic heterocycles. The van der Waals surface area contributed by atoms with E-state index in [1.807, 2.05) is 30.3 Å². The molecular formula is C31H33CuN5O5+2. The molecule has 221 valence electrons. The van der Waals surface area contributed by atoms with Gasteiger partial charge in [-0.25, -0.2) is 4.79 Å². The van der Waals surface area contributed by atoms with Crippen LogP contribution in [0.5, 0.6) is 5.88 Å². The predicted octanol–water partition coefficient (Wildman–Crippen LogP) is 5.94. The van der Waals surface area contributed by atoms with E-state index in [4.69, 9.17) is 0 Å². The minimum atomic E-state index is -0.684. The molecule has 2 aliphatic carbocycles. The summed E-state index contributed by atoms with van der Waals surface area (Å²) in [7, 11) is 0. The van der Waals surface area contributed by atoms with Gasteiger partial charge in [-0.05, 0) is 43.4 Å². The van der Waals surface area contributed by atoms with Gasteiger partial charge in [-0.2, -0.15) is 0 Å². The van der Waals surface area contributed by atoms with Crippen molar-refractivity contribution in [3.8, 4) is 5.88 Å². The quantitative estimate of drug-likeness (QED) is 0.208. The van der Waals surface area contributed by atoms with Crippen molar-refractivity contribution in [2.45, 2.75) is 82.8 Å². The number of benzene rings is 2. The molecule has 11 heteroatoms. The van der Waals surface area contributed by atoms with E-state index in [1.165, 1.54) is 9.13 Å². The van der Waals surface area contributed by atoms with Gasteiger partial charge in [0.2, 0.25) is 11.6 Å². The Balaban J connectivity index is 0.00000353. The van der Waals surface area contributed by atoms with Gasteiger partial charge in [0, 0.05) is 12.1 Å². The summed E-state index contributed by atoms with van der Waals surface area (Å²) in [6, 6.07) is 13.4. The van der Waals surface area contributed by atoms with Gasteiger partial charge >= 0.3 is 22.8 Å². The Labute approximate surface area is 253 Å². The average Bonchev–Trinajstić information content (AvgIpc) is 3.24. The predicted molar refractivity (Wildman–Crippen MR) is 152 cm³/mol. The topological polar surface area (TPSA) is 126 Å². The summed E-state index contributed by atoms with van der Waals surface area (Å²) in [4.78, 5) is 55.0. The van der Waals surface area contributed by atoms with E-state index in [2.05, 4.69) is 10.2 Å². The Hall–Kier alpha value is -3.82. The largest absolute Gasteiger partial charge is 2.00 e. The molecule has 1 radical (unpaired) electrons. The van der Waals surface area contributed by atoms with Crippen LogP contribution in [0.3, 0.4) is 0 Å². The van der Waals surface area contributed by atoms with Gasteiger partial charge in [0.05, 0.1) is 23.4 Å². The molecule has 0 spiro atoms. The van der Waals surface area contributed by atoms with Crippen LogP contribution in [0.4, 0.5) is 11.4 Å². The number of hydrogen-bond donors (Lipinski definition) is 1. The number of imide groups is 1. The third-order valence-electron chi connectivity index (χ3n) is 8.57. The summed E-state index contributed by atoms with van der Waals surface area (Å²) in [6.45, 7) is 0.114. The van der Waals surface area contributed by atoms with Crippen molar-refractivity contribution in [3.63, 3.8) is 0 Å². The van der Waals surface area contributed by atoms with Crippen molar-refractivity contribution >= 4 is 23.2 Å². The van der Waals surface area contributed by atoms with Gasteiger partial charge in [0.1, 0.15) is 0 Å². The van der Waals surface area contributed by atoms with Gasteiger partial charge < -0.3 is 5.11 Å². The molecule has 6 rings (SSSR count). The molecule has 3 aliphatic rings. The fraction of sp³-hybridized carbons (Fsp3) is 0.419. The van der Waals surface area contributed by atoms with E-state index < -0.39 is 28.9 Å². The molecule has 2 aromatic carbocycles. The van der Waals surface area contributed by atoms with Crippen LogP contribution < -0.4 is 11.2 Å². The van der Waals surface area contributed by atoms with Crippen molar-refractivity contribution < 1.29 is 31.8 Å². The molecule has 0 bridgehead atoms. The van der Waals surface area contributed by atoms with Gasteiger partial charge in [0.25, 0.3) is 17.4 Å². The van der Waals surface area contributed by atoms with Gasteiger partial charge in [-0.1, -0.05) is 74.9 Å². The maximum absolute atomic E-state index is 13.7. The zero-order valence-electron chi connectivity index (χ0n) is 23.2. The molecule has 2 saturated carbocycles. The second-order valence-corrected chi connectivity index (χ2v) is 11.2. The molecule has 1 N–H and O–H groups in total. The minimum absolute atomic E-state index is 0. The summed E-state index contributed by atoms with van der Waals surface area (Å²) in [6.07, 6.45) is 8.70. The third-order valence-corrected chi connectivity index (χ3v) is 8.57. The number of carbonyl (C=O) groups excluding carboxylic acids is 2. The van der Waals surface area contributed by atoms with Crippen LogP contribution in [0.15, 0.2) is 68.3 Å². The van der Waals surface area contributed by atoms with Crippen LogP contribution >= 0.6 is 0 Å². The number of carbonyl (C=O) groups is 2. The summed E-state index contributed by atoms with van der Waals surface area (Å²) in [5, 5.41) is 19.7. The van der Waals surface area contributed by atoms with E-state index >= 15 is 0 Å². The van der Waals surface area contributed by atoms with E-state index in [9.17, 15) is 24.3 Å². The Morgan fingerprint density at radius 3 is 1.98 bits per heavy atom. The Morgan fingerprint density at radius 1 is 0.714 bits per heavy atom. The van der Waals surface area contributed by atoms with Crippen LogP contribution in [0, 0.1) is 0 Å². The molecule has 3 aromatic rings. The van der Waals surface area contributed by atoms with Gasteiger partial charge in [-0.3, -0.25) is 28.4 Å². The molecule has 42 heavy (non-hydrogen) atoms. The first-order chi connectivity index (χ1) is 20.0. The summed E-state index contributed by atoms with van der Waals surface area (Å²) in [5.74, 6) is -1.43. The number of amides is 2. The number of rotatable bonds is 6. The Kier molecular flexibility index (Phi) is 8.89. The molecule has 2 heterocycles. The molecule has 10 nitrogen and oxygen atoms in total. The van der Waals surface area contributed by atoms with E-state index in [1.54, 1.807) is 18.2 Å². The Morgan fingerprint density at radius 2 is 1.33 bits per heavy atom. The van der Waals surface area contributed by atoms with Crippen LogP contribution in [-0.2, 0) is 23.6 Å². The molecule has 0 atom stereocenters. The van der Waals surface area contributed by atoms with Crippen molar-refractivity contribution in [2.24, 2.45) is 10.2 Å². The first-order valence-corrected chi connectivity index (χ1v) is 14.5. The maximum atomic E-state index is 13.7. The third kappa shape index (κ3) is 5.39. The zero-order valence-corrected chi connectivity index (χ0v) is 24.1. The number of aromatic nitrogens is 2. The van der Waals surface area contributed by atoms with Crippen LogP contribution in [0.2, 0.25) is 0 Å². The molecule has 0 unspecified atom stereocenters. The number of azo groups is 1. The van der Waals surface area contributed by atoms with Crippen LogP contribution in [-0.4, -0.2) is 31.0 Å². The fourth-order valence-electron chi connectivity index (χ4n) is 6.45. The van der Waals surface area contributed by atoms with Crippen molar-refractivity contribution in [3.05, 3.63) is 86.1 Å². The SMILES string of the molecule is O=C1c2cccc(N=Nc3c(O)n(C4CCCCC4)c(=O)n(C4CCCCC4)c3=O)c2C(=O)N1Cc1ccccc1.[Cu+2]. The number of nitrogens with zero attached hydrogens (tertiary/aromatic N) is 5. The van der Waals surface area contributed by atoms with Gasteiger partial charge in [-0.15, -0.1) is 10.2 Å². The second-order valence-electron chi connectivity index (χ2n) is 11.2. The smallest absolute Gasteiger partial charge is 0.493 e. The second kappa shape index (κ2) is 12.6. The fourth-order valence-corrected chi connectivity index (χ4v) is 6.45. The van der Waals surface area contributed by atoms with Crippen molar-refractivity contribution in [2.75, 3.05) is 0 Å². The number of hydrogen-bond acceptors (Lipinski definition) is 7. The normalized spacial score (nSPS) is 18.0. The molecule has 1 aromatic heterocycles. The summed E-state index contributed by atoms with van der Waals surface area (Å²) < 4.78 is 2.59. The van der Waals surface area contributed by atoms with E-state index in [0.29, 0.717) is 12.8 Å². The first-order valence-electron chi connectivity index (χ1n) is 14.5. The van der Waals surface area contributed by atoms with E-state index in [0.717, 1.165) is 61.8 Å². The van der Waals surface area contributed by atoms with Gasteiger partial charge in [0.15, 0.2) is 0 Å². The summed E-state index contributed by atoms with van der Waals surface area (Å²) in [5.41, 5.74) is -0.267. The average molecular weight is 619 g/mol. The molecule has 2 fully saturated rings. The van der Waals surface area contributed by atoms with Crippen LogP contribution in [0.1, 0.15) is 103 Å². The molecule has 2 amide bonds. The maximum Gasteiger partial charge on any atom is 2.00 e. The summed E-state index contributed by atoms with van der Waals surface area (Å²) >= 11 is 0.